The van der Waals surface area contributed by atoms with Crippen LogP contribution in [0.4, 0.5) is 22.7 Å². The van der Waals surface area contributed by atoms with Crippen LogP contribution in [0.2, 0.25) is 0 Å². The van der Waals surface area contributed by atoms with Crippen molar-refractivity contribution in [2.75, 3.05) is 12.4 Å². The van der Waals surface area contributed by atoms with Crippen molar-refractivity contribution < 1.29 is 29.3 Å². The number of carbonyl (C=O) groups is 2. The fourth-order valence-corrected chi connectivity index (χ4v) is 2.74. The number of benzene rings is 2. The number of anilines is 1. The fraction of sp³-hybridized carbons (Fsp3) is 0.0500. The predicted octanol–water partition coefficient (Wildman–Crippen LogP) is 3.14. The number of aliphatic hydroxyl groups excluding tert-OH is 1. The molecule has 12 heteroatoms. The first kappa shape index (κ1) is 21.8. The molecule has 0 heterocycles. The van der Waals surface area contributed by atoms with Gasteiger partial charge >= 0.3 is 5.97 Å². The van der Waals surface area contributed by atoms with Gasteiger partial charge in [0.15, 0.2) is 5.76 Å². The number of aliphatic imine (C=N–C) groups is 1. The zero-order valence-corrected chi connectivity index (χ0v) is 16.3. The van der Waals surface area contributed by atoms with Crippen molar-refractivity contribution in [2.45, 2.75) is 0 Å². The van der Waals surface area contributed by atoms with Gasteiger partial charge in [0.1, 0.15) is 11.3 Å². The first-order valence-electron chi connectivity index (χ1n) is 8.84. The molecule has 162 valence electrons. The maximum Gasteiger partial charge on any atom is 0.344 e. The van der Waals surface area contributed by atoms with Crippen LogP contribution in [-0.2, 0) is 14.3 Å². The molecule has 0 amide bonds. The molecule has 0 bridgehead atoms. The smallest absolute Gasteiger partial charge is 0.344 e. The number of aliphatic hydroxyl groups is 1. The van der Waals surface area contributed by atoms with Gasteiger partial charge in [-0.05, 0) is 24.3 Å². The second-order valence-corrected chi connectivity index (χ2v) is 6.30. The van der Waals surface area contributed by atoms with Crippen molar-refractivity contribution in [1.29, 1.82) is 0 Å². The highest BCUT2D eigenvalue weighted by Gasteiger charge is 2.33. The van der Waals surface area contributed by atoms with Crippen LogP contribution >= 0.6 is 0 Å². The number of nitro groups is 2. The summed E-state index contributed by atoms with van der Waals surface area (Å²) < 4.78 is 4.66. The van der Waals surface area contributed by atoms with Gasteiger partial charge in [-0.1, -0.05) is 0 Å². The number of nitrogens with zero attached hydrogens (tertiary/aromatic N) is 3. The first-order chi connectivity index (χ1) is 15.2. The highest BCUT2D eigenvalue weighted by Crippen LogP contribution is 2.27. The normalized spacial score (nSPS) is 14.7. The summed E-state index contributed by atoms with van der Waals surface area (Å²) in [5.41, 5.74) is -0.983. The zero-order valence-electron chi connectivity index (χ0n) is 16.3. The molecule has 0 aromatic heterocycles. The molecule has 12 nitrogen and oxygen atoms in total. The van der Waals surface area contributed by atoms with Crippen molar-refractivity contribution in [3.8, 4) is 0 Å². The number of ether oxygens (including phenoxy) is 1. The van der Waals surface area contributed by atoms with E-state index >= 15 is 0 Å². The Labute approximate surface area is 179 Å². The molecule has 0 spiro atoms. The molecular weight excluding hydrogens is 424 g/mol. The highest BCUT2D eigenvalue weighted by molar-refractivity contribution is 6.56. The van der Waals surface area contributed by atoms with Crippen LogP contribution < -0.4 is 5.32 Å². The Hall–Kier alpha value is -4.87. The number of non-ortho nitro benzene ring substituents is 2. The second-order valence-electron chi connectivity index (χ2n) is 6.30. The van der Waals surface area contributed by atoms with Crippen LogP contribution in [0.3, 0.4) is 0 Å². The van der Waals surface area contributed by atoms with Gasteiger partial charge in [0.25, 0.3) is 11.4 Å². The van der Waals surface area contributed by atoms with Crippen molar-refractivity contribution in [1.82, 2.24) is 0 Å². The summed E-state index contributed by atoms with van der Waals surface area (Å²) in [5.74, 6) is -2.41. The molecule has 0 aliphatic heterocycles. The molecule has 1 aliphatic rings. The number of rotatable bonds is 6. The number of nitro benzene ring substituents is 2. The Morgan fingerprint density at radius 3 is 2.03 bits per heavy atom. The number of methoxy groups -OCH3 is 1. The summed E-state index contributed by atoms with van der Waals surface area (Å²) in [6, 6.07) is 10.0. The Balaban J connectivity index is 1.99. The summed E-state index contributed by atoms with van der Waals surface area (Å²) in [6.45, 7) is 0. The second kappa shape index (κ2) is 8.87. The molecular formula is C20H14N4O8. The third-order valence-electron chi connectivity index (χ3n) is 4.29. The van der Waals surface area contributed by atoms with Crippen LogP contribution in [-0.4, -0.2) is 39.5 Å². The summed E-state index contributed by atoms with van der Waals surface area (Å²) in [4.78, 5) is 49.4. The maximum absolute atomic E-state index is 12.7. The number of nitrogens with one attached hydrogen (secondary N) is 1. The van der Waals surface area contributed by atoms with E-state index in [1.807, 2.05) is 0 Å². The molecule has 3 rings (SSSR count). The fourth-order valence-electron chi connectivity index (χ4n) is 2.74. The van der Waals surface area contributed by atoms with Gasteiger partial charge in [0.05, 0.1) is 28.3 Å². The molecule has 0 saturated heterocycles. The third-order valence-corrected chi connectivity index (χ3v) is 4.29. The van der Waals surface area contributed by atoms with E-state index in [9.17, 15) is 34.9 Å². The van der Waals surface area contributed by atoms with Crippen LogP contribution in [0.25, 0.3) is 0 Å². The Bertz CT molecular complexity index is 1210. The van der Waals surface area contributed by atoms with Gasteiger partial charge < -0.3 is 15.2 Å². The van der Waals surface area contributed by atoms with E-state index in [-0.39, 0.29) is 22.8 Å². The summed E-state index contributed by atoms with van der Waals surface area (Å²) in [6.07, 6.45) is 0.993. The van der Waals surface area contributed by atoms with Gasteiger partial charge in [0.2, 0.25) is 5.78 Å². The quantitative estimate of drug-likeness (QED) is 0.297. The summed E-state index contributed by atoms with van der Waals surface area (Å²) in [5, 5.41) is 34.9. The summed E-state index contributed by atoms with van der Waals surface area (Å²) in [7, 11) is 1.05. The van der Waals surface area contributed by atoms with E-state index in [4.69, 9.17) is 0 Å². The lowest BCUT2D eigenvalue weighted by Crippen LogP contribution is -2.29. The molecule has 1 aliphatic carbocycles. The zero-order chi connectivity index (χ0) is 23.4. The first-order valence-corrected chi connectivity index (χ1v) is 8.84. The van der Waals surface area contributed by atoms with Crippen LogP contribution in [0.5, 0.6) is 0 Å². The van der Waals surface area contributed by atoms with Gasteiger partial charge in [0, 0.05) is 36.0 Å². The summed E-state index contributed by atoms with van der Waals surface area (Å²) >= 11 is 0. The standard InChI is InChI=1S/C20H14N4O8/c1-32-20(27)17-18(22-12-4-8-14(9-5-12)24(30)31)16(25)10-15(19(17)26)21-11-2-6-13(7-3-11)23(28)29/h2-10,21,26H,1H3. The molecule has 32 heavy (non-hydrogen) atoms. The van der Waals surface area contributed by atoms with E-state index in [1.54, 1.807) is 0 Å². The molecule has 2 aromatic carbocycles. The molecule has 0 fully saturated rings. The minimum absolute atomic E-state index is 0.133. The lowest BCUT2D eigenvalue weighted by molar-refractivity contribution is -0.385. The van der Waals surface area contributed by atoms with Gasteiger partial charge in [-0.15, -0.1) is 0 Å². The molecule has 0 saturated carbocycles. The Kier molecular flexibility index (Phi) is 6.05. The topological polar surface area (TPSA) is 174 Å². The van der Waals surface area contributed by atoms with Crippen molar-refractivity contribution >= 4 is 40.2 Å². The SMILES string of the molecule is COC(=O)C1=C(O)C(Nc2ccc([N+](=O)[O-])cc2)=CC(=O)C1=Nc1ccc([N+](=O)[O-])cc1. The Morgan fingerprint density at radius 1 is 1.00 bits per heavy atom. The van der Waals surface area contributed by atoms with E-state index in [0.29, 0.717) is 5.69 Å². The lowest BCUT2D eigenvalue weighted by Gasteiger charge is -2.18. The average Bonchev–Trinajstić information content (AvgIpc) is 2.77. The van der Waals surface area contributed by atoms with Crippen LogP contribution in [0.15, 0.2) is 76.6 Å². The van der Waals surface area contributed by atoms with E-state index in [1.165, 1.54) is 48.5 Å². The van der Waals surface area contributed by atoms with Gasteiger partial charge in [-0.2, -0.15) is 0 Å². The number of ketones is 1. The van der Waals surface area contributed by atoms with Crippen molar-refractivity contribution in [2.24, 2.45) is 4.99 Å². The van der Waals surface area contributed by atoms with Crippen LogP contribution in [0, 0.1) is 20.2 Å². The number of hydrogen-bond acceptors (Lipinski definition) is 10. The van der Waals surface area contributed by atoms with E-state index < -0.39 is 38.6 Å². The van der Waals surface area contributed by atoms with E-state index in [2.05, 4.69) is 15.0 Å². The number of carbonyl (C=O) groups excluding carboxylic acids is 2. The average molecular weight is 438 g/mol. The minimum atomic E-state index is -1.03. The number of esters is 1. The monoisotopic (exact) mass is 438 g/mol. The highest BCUT2D eigenvalue weighted by atomic mass is 16.6. The predicted molar refractivity (Wildman–Crippen MR) is 112 cm³/mol. The van der Waals surface area contributed by atoms with Crippen molar-refractivity contribution in [3.05, 3.63) is 91.9 Å². The molecule has 0 unspecified atom stereocenters. The number of allylic oxidation sites excluding steroid dienone is 1. The van der Waals surface area contributed by atoms with Crippen molar-refractivity contribution in [3.63, 3.8) is 0 Å². The van der Waals surface area contributed by atoms with E-state index in [0.717, 1.165) is 13.2 Å². The Morgan fingerprint density at radius 2 is 1.53 bits per heavy atom. The number of hydrogen-bond donors (Lipinski definition) is 2. The largest absolute Gasteiger partial charge is 0.505 e. The minimum Gasteiger partial charge on any atom is -0.505 e. The maximum atomic E-state index is 12.7. The van der Waals surface area contributed by atoms with Crippen LogP contribution in [0.1, 0.15) is 0 Å². The molecule has 2 aromatic rings. The lowest BCUT2D eigenvalue weighted by atomic mass is 9.97. The molecule has 0 atom stereocenters. The van der Waals surface area contributed by atoms with Gasteiger partial charge in [-0.25, -0.2) is 9.79 Å². The molecule has 2 N–H and O–H groups in total. The molecule has 0 radical (unpaired) electrons. The third kappa shape index (κ3) is 4.48. The van der Waals surface area contributed by atoms with Gasteiger partial charge in [-0.3, -0.25) is 25.0 Å².